The normalized spacial score (nSPS) is 12.0. The molecule has 0 bridgehead atoms. The smallest absolute Gasteiger partial charge is 0.335 e. The Morgan fingerprint density at radius 3 is 2.47 bits per heavy atom. The molecule has 2 aromatic rings. The van der Waals surface area contributed by atoms with E-state index in [-0.39, 0.29) is 11.1 Å². The van der Waals surface area contributed by atoms with E-state index in [1.165, 1.54) is 9.13 Å². The van der Waals surface area contributed by atoms with Gasteiger partial charge < -0.3 is 10.3 Å². The van der Waals surface area contributed by atoms with Crippen LogP contribution in [0.4, 0.5) is 5.82 Å². The first-order chi connectivity index (χ1) is 7.80. The Labute approximate surface area is 98.6 Å². The highest BCUT2D eigenvalue weighted by molar-refractivity contribution is 5.38. The molecule has 0 radical (unpaired) electrons. The Morgan fingerprint density at radius 2 is 2.06 bits per heavy atom. The lowest BCUT2D eigenvalue weighted by molar-refractivity contribution is 0.328. The lowest BCUT2D eigenvalue weighted by Gasteiger charge is -2.11. The van der Waals surface area contributed by atoms with Gasteiger partial charge in [-0.2, -0.15) is 0 Å². The molecule has 0 aliphatic carbocycles. The second kappa shape index (κ2) is 3.51. The summed E-state index contributed by atoms with van der Waals surface area (Å²) >= 11 is 0. The van der Waals surface area contributed by atoms with Gasteiger partial charge in [0, 0.05) is 24.7 Å². The topological polar surface area (TPSA) is 79.0 Å². The van der Waals surface area contributed by atoms with Crippen molar-refractivity contribution in [3.05, 3.63) is 28.5 Å². The van der Waals surface area contributed by atoms with E-state index < -0.39 is 0 Å². The molecule has 17 heavy (non-hydrogen) atoms. The van der Waals surface area contributed by atoms with Crippen molar-refractivity contribution >= 4 is 5.82 Å². The molecule has 0 aliphatic rings. The molecule has 92 valence electrons. The van der Waals surface area contributed by atoms with E-state index in [0.29, 0.717) is 17.4 Å². The third-order valence-corrected chi connectivity index (χ3v) is 2.54. The molecule has 0 amide bonds. The SMILES string of the molecule is Cn1cc(N)n(-c2cc(C(C)(C)C)on2)c1=O. The number of nitrogens with zero attached hydrogens (tertiary/aromatic N) is 3. The first-order valence-electron chi connectivity index (χ1n) is 5.32. The zero-order chi connectivity index (χ0) is 12.8. The van der Waals surface area contributed by atoms with Crippen LogP contribution < -0.4 is 11.4 Å². The number of nitrogen functional groups attached to an aromatic ring is 1. The predicted octanol–water partition coefficient (Wildman–Crippen LogP) is 1.04. The third kappa shape index (κ3) is 1.86. The van der Waals surface area contributed by atoms with Gasteiger partial charge in [-0.3, -0.25) is 4.57 Å². The Morgan fingerprint density at radius 1 is 1.41 bits per heavy atom. The molecule has 0 spiro atoms. The maximum Gasteiger partial charge on any atom is 0.335 e. The van der Waals surface area contributed by atoms with E-state index in [9.17, 15) is 4.79 Å². The van der Waals surface area contributed by atoms with Crippen molar-refractivity contribution in [2.24, 2.45) is 7.05 Å². The fourth-order valence-corrected chi connectivity index (χ4v) is 1.53. The molecule has 0 fully saturated rings. The second-order valence-corrected chi connectivity index (χ2v) is 5.08. The maximum absolute atomic E-state index is 11.8. The van der Waals surface area contributed by atoms with E-state index in [2.05, 4.69) is 5.16 Å². The van der Waals surface area contributed by atoms with Crippen LogP contribution in [0.15, 0.2) is 21.6 Å². The summed E-state index contributed by atoms with van der Waals surface area (Å²) in [5, 5.41) is 3.88. The lowest BCUT2D eigenvalue weighted by atomic mass is 9.93. The quantitative estimate of drug-likeness (QED) is 0.802. The standard InChI is InChI=1S/C11H16N4O2/c1-11(2,3)7-5-9(13-17-7)15-8(12)6-14(4)10(15)16/h5-6H,12H2,1-4H3. The zero-order valence-corrected chi connectivity index (χ0v) is 10.4. The van der Waals surface area contributed by atoms with Crippen LogP contribution in [0.3, 0.4) is 0 Å². The largest absolute Gasteiger partial charge is 0.383 e. The number of anilines is 1. The molecular weight excluding hydrogens is 220 g/mol. The van der Waals surface area contributed by atoms with Crippen molar-refractivity contribution in [3.63, 3.8) is 0 Å². The molecule has 2 aromatic heterocycles. The number of rotatable bonds is 1. The van der Waals surface area contributed by atoms with Gasteiger partial charge in [0.15, 0.2) is 5.82 Å². The van der Waals surface area contributed by atoms with E-state index in [4.69, 9.17) is 10.3 Å². The summed E-state index contributed by atoms with van der Waals surface area (Å²) in [6.07, 6.45) is 1.55. The number of nitrogens with two attached hydrogens (primary N) is 1. The minimum absolute atomic E-state index is 0.154. The summed E-state index contributed by atoms with van der Waals surface area (Å²) in [6.45, 7) is 6.03. The molecule has 2 heterocycles. The zero-order valence-electron chi connectivity index (χ0n) is 10.4. The average molecular weight is 236 g/mol. The summed E-state index contributed by atoms with van der Waals surface area (Å²) < 4.78 is 7.95. The van der Waals surface area contributed by atoms with Gasteiger partial charge in [0.05, 0.1) is 0 Å². The van der Waals surface area contributed by atoms with Gasteiger partial charge in [-0.25, -0.2) is 9.36 Å². The minimum atomic E-state index is -0.240. The average Bonchev–Trinajstić information content (AvgIpc) is 2.73. The summed E-state index contributed by atoms with van der Waals surface area (Å²) in [7, 11) is 1.64. The first kappa shape index (κ1) is 11.5. The molecule has 6 nitrogen and oxygen atoms in total. The van der Waals surface area contributed by atoms with Crippen LogP contribution in [-0.4, -0.2) is 14.3 Å². The molecule has 0 atom stereocenters. The molecule has 0 saturated heterocycles. The fraction of sp³-hybridized carbons (Fsp3) is 0.455. The minimum Gasteiger partial charge on any atom is -0.383 e. The van der Waals surface area contributed by atoms with E-state index in [1.807, 2.05) is 20.8 Å². The van der Waals surface area contributed by atoms with Gasteiger partial charge in [-0.1, -0.05) is 25.9 Å². The Hall–Kier alpha value is -1.98. The van der Waals surface area contributed by atoms with Crippen LogP contribution in [0.2, 0.25) is 0 Å². The van der Waals surface area contributed by atoms with Crippen molar-refractivity contribution in [1.29, 1.82) is 0 Å². The van der Waals surface area contributed by atoms with Crippen molar-refractivity contribution < 1.29 is 4.52 Å². The Bertz CT molecular complexity index is 598. The predicted molar refractivity (Wildman–Crippen MR) is 64.2 cm³/mol. The van der Waals surface area contributed by atoms with Crippen LogP contribution in [0, 0.1) is 0 Å². The van der Waals surface area contributed by atoms with Gasteiger partial charge in [-0.05, 0) is 0 Å². The molecule has 0 aliphatic heterocycles. The van der Waals surface area contributed by atoms with Crippen LogP contribution in [-0.2, 0) is 12.5 Å². The van der Waals surface area contributed by atoms with Gasteiger partial charge in [0.25, 0.3) is 0 Å². The van der Waals surface area contributed by atoms with Crippen molar-refractivity contribution in [1.82, 2.24) is 14.3 Å². The summed E-state index contributed by atoms with van der Waals surface area (Å²) in [6, 6.07) is 1.73. The van der Waals surface area contributed by atoms with Gasteiger partial charge in [0.1, 0.15) is 11.6 Å². The van der Waals surface area contributed by atoms with Gasteiger partial charge in [-0.15, -0.1) is 0 Å². The van der Waals surface area contributed by atoms with Crippen molar-refractivity contribution in [2.75, 3.05) is 5.73 Å². The summed E-state index contributed by atoms with van der Waals surface area (Å²) in [4.78, 5) is 11.8. The number of hydrogen-bond acceptors (Lipinski definition) is 4. The van der Waals surface area contributed by atoms with Crippen LogP contribution in [0.1, 0.15) is 26.5 Å². The molecular formula is C11H16N4O2. The molecule has 2 N–H and O–H groups in total. The fourth-order valence-electron chi connectivity index (χ4n) is 1.53. The Kier molecular flexibility index (Phi) is 2.38. The number of aromatic nitrogens is 3. The maximum atomic E-state index is 11.8. The lowest BCUT2D eigenvalue weighted by Crippen LogP contribution is -2.21. The molecule has 2 rings (SSSR count). The summed E-state index contributed by atoms with van der Waals surface area (Å²) in [5.74, 6) is 1.46. The van der Waals surface area contributed by atoms with E-state index in [1.54, 1.807) is 19.3 Å². The highest BCUT2D eigenvalue weighted by atomic mass is 16.5. The third-order valence-electron chi connectivity index (χ3n) is 2.54. The molecule has 0 saturated carbocycles. The van der Waals surface area contributed by atoms with Crippen LogP contribution in [0.5, 0.6) is 0 Å². The molecule has 6 heteroatoms. The van der Waals surface area contributed by atoms with Gasteiger partial charge in [0.2, 0.25) is 0 Å². The molecule has 0 unspecified atom stereocenters. The first-order valence-corrected chi connectivity index (χ1v) is 5.32. The van der Waals surface area contributed by atoms with E-state index in [0.717, 1.165) is 0 Å². The Balaban J connectivity index is 2.55. The monoisotopic (exact) mass is 236 g/mol. The van der Waals surface area contributed by atoms with Crippen molar-refractivity contribution in [3.8, 4) is 5.82 Å². The highest BCUT2D eigenvalue weighted by Crippen LogP contribution is 2.24. The number of hydrogen-bond donors (Lipinski definition) is 1. The second-order valence-electron chi connectivity index (χ2n) is 5.08. The van der Waals surface area contributed by atoms with Crippen LogP contribution >= 0.6 is 0 Å². The molecule has 0 aromatic carbocycles. The number of imidazole rings is 1. The highest BCUT2D eigenvalue weighted by Gasteiger charge is 2.21. The van der Waals surface area contributed by atoms with Gasteiger partial charge >= 0.3 is 5.69 Å². The van der Waals surface area contributed by atoms with E-state index >= 15 is 0 Å². The van der Waals surface area contributed by atoms with Crippen molar-refractivity contribution in [2.45, 2.75) is 26.2 Å². The number of aryl methyl sites for hydroxylation is 1. The summed E-state index contributed by atoms with van der Waals surface area (Å²) in [5.41, 5.74) is 5.36. The van der Waals surface area contributed by atoms with Crippen LogP contribution in [0.25, 0.3) is 5.82 Å².